The summed E-state index contributed by atoms with van der Waals surface area (Å²) < 4.78 is 37.9. The van der Waals surface area contributed by atoms with Crippen LogP contribution in [0.25, 0.3) is 11.1 Å². The molecule has 3 rings (SSSR count). The predicted octanol–water partition coefficient (Wildman–Crippen LogP) is 3.56. The minimum absolute atomic E-state index is 0.148. The molecule has 6 nitrogen and oxygen atoms in total. The highest BCUT2D eigenvalue weighted by atomic mass is 35.5. The van der Waals surface area contributed by atoms with Gasteiger partial charge in [-0.2, -0.15) is 0 Å². The van der Waals surface area contributed by atoms with Crippen LogP contribution in [0.4, 0.5) is 0 Å². The van der Waals surface area contributed by atoms with Crippen molar-refractivity contribution >= 4 is 32.5 Å². The second kappa shape index (κ2) is 6.81. The Morgan fingerprint density at radius 1 is 1.23 bits per heavy atom. The number of aromatic nitrogens is 1. The Labute approximate surface area is 155 Å². The van der Waals surface area contributed by atoms with E-state index in [1.165, 1.54) is 17.7 Å². The molecule has 0 aliphatic carbocycles. The third kappa shape index (κ3) is 3.24. The Bertz CT molecular complexity index is 1140. The fourth-order valence-corrected chi connectivity index (χ4v) is 4.79. The van der Waals surface area contributed by atoms with E-state index in [0.717, 1.165) is 0 Å². The van der Waals surface area contributed by atoms with Gasteiger partial charge in [-0.3, -0.25) is 4.57 Å². The second-order valence-corrected chi connectivity index (χ2v) is 8.31. The van der Waals surface area contributed by atoms with Gasteiger partial charge in [0.1, 0.15) is 5.75 Å². The number of halogens is 1. The van der Waals surface area contributed by atoms with Crippen molar-refractivity contribution < 1.29 is 17.6 Å². The van der Waals surface area contributed by atoms with E-state index >= 15 is 0 Å². The van der Waals surface area contributed by atoms with Gasteiger partial charge in [-0.15, -0.1) is 0 Å². The van der Waals surface area contributed by atoms with E-state index in [1.54, 1.807) is 38.1 Å². The summed E-state index contributed by atoms with van der Waals surface area (Å²) in [6.45, 7) is 3.85. The molecule has 0 aliphatic heterocycles. The average Bonchev–Trinajstić information content (AvgIpc) is 2.87. The molecule has 0 N–H and O–H groups in total. The Morgan fingerprint density at radius 2 is 1.96 bits per heavy atom. The van der Waals surface area contributed by atoms with Crippen LogP contribution in [0.1, 0.15) is 18.1 Å². The fraction of sp³-hybridized carbons (Fsp3) is 0.278. The molecule has 3 aromatic rings. The highest BCUT2D eigenvalue weighted by Crippen LogP contribution is 2.30. The number of hydrogen-bond donors (Lipinski definition) is 0. The molecule has 1 aromatic heterocycles. The summed E-state index contributed by atoms with van der Waals surface area (Å²) in [7, 11) is -2.22. The van der Waals surface area contributed by atoms with Crippen molar-refractivity contribution in [3.05, 3.63) is 57.0 Å². The number of sulfone groups is 1. The van der Waals surface area contributed by atoms with Crippen LogP contribution >= 0.6 is 11.6 Å². The SMILES string of the molecule is CCn1c(=O)oc2cc(C)c(S(=O)(=O)Cc3cc(Cl)ccc3OC)cc21. The Kier molecular flexibility index (Phi) is 4.86. The number of methoxy groups -OCH3 is 1. The predicted molar refractivity (Wildman–Crippen MR) is 99.8 cm³/mol. The van der Waals surface area contributed by atoms with E-state index in [9.17, 15) is 13.2 Å². The van der Waals surface area contributed by atoms with Crippen molar-refractivity contribution in [3.63, 3.8) is 0 Å². The monoisotopic (exact) mass is 395 g/mol. The summed E-state index contributed by atoms with van der Waals surface area (Å²) >= 11 is 6.00. The van der Waals surface area contributed by atoms with Gasteiger partial charge < -0.3 is 9.15 Å². The molecule has 0 amide bonds. The molecule has 0 spiro atoms. The first-order valence-corrected chi connectivity index (χ1v) is 9.99. The van der Waals surface area contributed by atoms with E-state index in [4.69, 9.17) is 20.8 Å². The zero-order chi connectivity index (χ0) is 19.1. The van der Waals surface area contributed by atoms with Crippen LogP contribution in [0.3, 0.4) is 0 Å². The summed E-state index contributed by atoms with van der Waals surface area (Å²) in [5.74, 6) is -0.324. The molecule has 138 valence electrons. The molecule has 1 heterocycles. The molecule has 8 heteroatoms. The molecule has 2 aromatic carbocycles. The van der Waals surface area contributed by atoms with Gasteiger partial charge in [0.15, 0.2) is 15.4 Å². The maximum Gasteiger partial charge on any atom is 0.419 e. The molecule has 26 heavy (non-hydrogen) atoms. The highest BCUT2D eigenvalue weighted by molar-refractivity contribution is 7.90. The van der Waals surface area contributed by atoms with Crippen LogP contribution in [-0.2, 0) is 22.1 Å². The quantitative estimate of drug-likeness (QED) is 0.660. The highest BCUT2D eigenvalue weighted by Gasteiger charge is 2.23. The Hall–Kier alpha value is -2.25. The summed E-state index contributed by atoms with van der Waals surface area (Å²) in [5.41, 5.74) is 1.81. The zero-order valence-corrected chi connectivity index (χ0v) is 16.1. The standard InChI is InChI=1S/C18H18ClNO5S/c1-4-20-14-9-17(11(2)7-16(14)25-18(20)21)26(22,23)10-12-8-13(19)5-6-15(12)24-3/h5-9H,4,10H2,1-3H3. The van der Waals surface area contributed by atoms with Gasteiger partial charge >= 0.3 is 5.76 Å². The van der Waals surface area contributed by atoms with Crippen molar-refractivity contribution in [2.75, 3.05) is 7.11 Å². The van der Waals surface area contributed by atoms with E-state index < -0.39 is 15.6 Å². The van der Waals surface area contributed by atoms with Gasteiger partial charge in [-0.05, 0) is 49.7 Å². The summed E-state index contributed by atoms with van der Waals surface area (Å²) in [6, 6.07) is 7.91. The minimum Gasteiger partial charge on any atom is -0.496 e. The molecule has 0 atom stereocenters. The smallest absolute Gasteiger partial charge is 0.419 e. The van der Waals surface area contributed by atoms with E-state index in [1.807, 2.05) is 0 Å². The molecule has 0 unspecified atom stereocenters. The van der Waals surface area contributed by atoms with Gasteiger partial charge in [0.05, 0.1) is 23.3 Å². The number of ether oxygens (including phenoxy) is 1. The van der Waals surface area contributed by atoms with Crippen molar-refractivity contribution in [1.29, 1.82) is 0 Å². The van der Waals surface area contributed by atoms with E-state index in [2.05, 4.69) is 0 Å². The summed E-state index contributed by atoms with van der Waals surface area (Å²) in [4.78, 5) is 12.0. The number of fused-ring (bicyclic) bond motifs is 1. The van der Waals surface area contributed by atoms with E-state index in [0.29, 0.717) is 39.5 Å². The largest absolute Gasteiger partial charge is 0.496 e. The first-order chi connectivity index (χ1) is 12.3. The van der Waals surface area contributed by atoms with Gasteiger partial charge in [-0.25, -0.2) is 13.2 Å². The maximum atomic E-state index is 13.0. The molecule has 0 saturated heterocycles. The third-order valence-corrected chi connectivity index (χ3v) is 6.24. The molecular weight excluding hydrogens is 378 g/mol. The minimum atomic E-state index is -3.70. The molecule has 0 saturated carbocycles. The number of hydrogen-bond acceptors (Lipinski definition) is 5. The van der Waals surface area contributed by atoms with Crippen LogP contribution < -0.4 is 10.5 Å². The number of oxazole rings is 1. The van der Waals surface area contributed by atoms with Crippen LogP contribution in [0, 0.1) is 6.92 Å². The molecule has 0 fully saturated rings. The van der Waals surface area contributed by atoms with Crippen LogP contribution in [0.5, 0.6) is 5.75 Å². The lowest BCUT2D eigenvalue weighted by molar-refractivity contribution is 0.411. The normalized spacial score (nSPS) is 11.8. The Morgan fingerprint density at radius 3 is 2.62 bits per heavy atom. The molecule has 0 radical (unpaired) electrons. The number of benzene rings is 2. The van der Waals surface area contributed by atoms with Crippen LogP contribution in [0.15, 0.2) is 44.4 Å². The molecule has 0 aliphatic rings. The van der Waals surface area contributed by atoms with Crippen molar-refractivity contribution in [1.82, 2.24) is 4.57 Å². The van der Waals surface area contributed by atoms with Crippen molar-refractivity contribution in [3.8, 4) is 5.75 Å². The average molecular weight is 396 g/mol. The zero-order valence-electron chi connectivity index (χ0n) is 14.6. The van der Waals surface area contributed by atoms with Crippen LogP contribution in [0.2, 0.25) is 5.02 Å². The number of aryl methyl sites for hydroxylation is 2. The fourth-order valence-electron chi connectivity index (χ4n) is 2.97. The lowest BCUT2D eigenvalue weighted by Gasteiger charge is -2.12. The van der Waals surface area contributed by atoms with Gasteiger partial charge in [0.25, 0.3) is 0 Å². The summed E-state index contributed by atoms with van der Waals surface area (Å²) in [5, 5.41) is 0.429. The number of rotatable bonds is 5. The maximum absolute atomic E-state index is 13.0. The topological polar surface area (TPSA) is 78.5 Å². The second-order valence-electron chi connectivity index (χ2n) is 5.91. The first kappa shape index (κ1) is 18.5. The van der Waals surface area contributed by atoms with Crippen LogP contribution in [-0.4, -0.2) is 20.1 Å². The Balaban J connectivity index is 2.14. The van der Waals surface area contributed by atoms with Crippen molar-refractivity contribution in [2.45, 2.75) is 31.0 Å². The lowest BCUT2D eigenvalue weighted by atomic mass is 10.2. The molecular formula is C18H18ClNO5S. The van der Waals surface area contributed by atoms with Gasteiger partial charge in [0, 0.05) is 17.1 Å². The summed E-state index contributed by atoms with van der Waals surface area (Å²) in [6.07, 6.45) is 0. The van der Waals surface area contributed by atoms with Crippen molar-refractivity contribution in [2.24, 2.45) is 0 Å². The van der Waals surface area contributed by atoms with Gasteiger partial charge in [0.2, 0.25) is 0 Å². The first-order valence-electron chi connectivity index (χ1n) is 7.96. The lowest BCUT2D eigenvalue weighted by Crippen LogP contribution is -2.13. The van der Waals surface area contributed by atoms with E-state index in [-0.39, 0.29) is 10.6 Å². The van der Waals surface area contributed by atoms with Gasteiger partial charge in [-0.1, -0.05) is 11.6 Å². The number of nitrogens with zero attached hydrogens (tertiary/aromatic N) is 1. The third-order valence-electron chi connectivity index (χ3n) is 4.20. The molecule has 0 bridgehead atoms.